The molecule has 0 aliphatic rings. The van der Waals surface area contributed by atoms with Gasteiger partial charge >= 0.3 is 0 Å². The molecule has 1 aromatic heterocycles. The van der Waals surface area contributed by atoms with E-state index in [2.05, 4.69) is 15.3 Å². The highest BCUT2D eigenvalue weighted by atomic mass is 19.1. The van der Waals surface area contributed by atoms with Crippen LogP contribution in [-0.2, 0) is 0 Å². The quantitative estimate of drug-likeness (QED) is 0.923. The van der Waals surface area contributed by atoms with E-state index in [0.29, 0.717) is 6.54 Å². The summed E-state index contributed by atoms with van der Waals surface area (Å²) in [4.78, 5) is 7.75. The largest absolute Gasteiger partial charge is 0.494 e. The van der Waals surface area contributed by atoms with Gasteiger partial charge in [0, 0.05) is 12.1 Å². The highest BCUT2D eigenvalue weighted by molar-refractivity contribution is 5.63. The maximum atomic E-state index is 14.1. The van der Waals surface area contributed by atoms with Crippen molar-refractivity contribution in [3.63, 3.8) is 0 Å². The van der Waals surface area contributed by atoms with Gasteiger partial charge in [-0.2, -0.15) is 0 Å². The fourth-order valence-electron chi connectivity index (χ4n) is 1.65. The number of nitrogens with one attached hydrogen (secondary N) is 1. The molecule has 0 aliphatic carbocycles. The van der Waals surface area contributed by atoms with Crippen LogP contribution >= 0.6 is 0 Å². The molecule has 0 atom stereocenters. The van der Waals surface area contributed by atoms with E-state index >= 15 is 0 Å². The number of rotatable bonds is 4. The fourth-order valence-corrected chi connectivity index (χ4v) is 1.65. The summed E-state index contributed by atoms with van der Waals surface area (Å²) in [6.07, 6.45) is 1.01. The Bertz CT molecular complexity index is 590. The van der Waals surface area contributed by atoms with Crippen LogP contribution in [0.3, 0.4) is 0 Å². The third-order valence-electron chi connectivity index (χ3n) is 2.52. The van der Waals surface area contributed by atoms with E-state index in [-0.39, 0.29) is 23.0 Å². The molecule has 1 N–H and O–H groups in total. The van der Waals surface area contributed by atoms with Crippen LogP contribution < -0.4 is 10.1 Å². The molecule has 0 spiro atoms. The minimum absolute atomic E-state index is 0.0402. The lowest BCUT2D eigenvalue weighted by Gasteiger charge is -2.09. The lowest BCUT2D eigenvalue weighted by molar-refractivity contribution is 0.387. The van der Waals surface area contributed by atoms with Crippen LogP contribution in [0.15, 0.2) is 24.4 Å². The topological polar surface area (TPSA) is 47.0 Å². The monoisotopic (exact) mass is 265 g/mol. The third kappa shape index (κ3) is 2.62. The summed E-state index contributed by atoms with van der Waals surface area (Å²) in [7, 11) is 1.35. The van der Waals surface area contributed by atoms with Crippen molar-refractivity contribution < 1.29 is 13.5 Å². The molecule has 0 unspecified atom stereocenters. The molecule has 0 bridgehead atoms. The Hall–Kier alpha value is -2.24. The zero-order chi connectivity index (χ0) is 13.8. The van der Waals surface area contributed by atoms with Crippen LogP contribution in [0.4, 0.5) is 14.7 Å². The SMILES string of the molecule is CCNc1ncc(F)c(-c2cccc(OC)c2F)n1. The van der Waals surface area contributed by atoms with Crippen molar-refractivity contribution in [2.75, 3.05) is 19.0 Å². The van der Waals surface area contributed by atoms with Crippen molar-refractivity contribution in [1.29, 1.82) is 0 Å². The molecule has 0 fully saturated rings. The van der Waals surface area contributed by atoms with Gasteiger partial charge in [-0.25, -0.2) is 18.7 Å². The zero-order valence-corrected chi connectivity index (χ0v) is 10.6. The average molecular weight is 265 g/mol. The first-order chi connectivity index (χ1) is 9.17. The number of ether oxygens (including phenoxy) is 1. The zero-order valence-electron chi connectivity index (χ0n) is 10.6. The standard InChI is InChI=1S/C13H13F2N3O/c1-3-16-13-17-7-9(14)12(18-13)8-5-4-6-10(19-2)11(8)15/h4-7H,3H2,1-2H3,(H,16,17,18). The van der Waals surface area contributed by atoms with E-state index in [0.717, 1.165) is 6.20 Å². The van der Waals surface area contributed by atoms with Gasteiger partial charge in [-0.3, -0.25) is 0 Å². The van der Waals surface area contributed by atoms with Gasteiger partial charge in [-0.05, 0) is 19.1 Å². The van der Waals surface area contributed by atoms with Crippen LogP contribution in [0.5, 0.6) is 5.75 Å². The summed E-state index contributed by atoms with van der Waals surface area (Å²) in [6, 6.07) is 4.48. The molecule has 4 nitrogen and oxygen atoms in total. The lowest BCUT2D eigenvalue weighted by Crippen LogP contribution is -2.04. The molecule has 1 aromatic carbocycles. The predicted octanol–water partition coefficient (Wildman–Crippen LogP) is 2.86. The minimum Gasteiger partial charge on any atom is -0.494 e. The summed E-state index contributed by atoms with van der Waals surface area (Å²) < 4.78 is 32.7. The van der Waals surface area contributed by atoms with Crippen LogP contribution in [0.2, 0.25) is 0 Å². The molecule has 0 radical (unpaired) electrons. The first kappa shape index (κ1) is 13.2. The summed E-state index contributed by atoms with van der Waals surface area (Å²) in [5.41, 5.74) is -0.0549. The van der Waals surface area contributed by atoms with Gasteiger partial charge in [0.05, 0.1) is 13.3 Å². The van der Waals surface area contributed by atoms with Crippen molar-refractivity contribution in [1.82, 2.24) is 9.97 Å². The molecule has 0 saturated carbocycles. The molecule has 1 heterocycles. The minimum atomic E-state index is -0.686. The van der Waals surface area contributed by atoms with Crippen LogP contribution in [0, 0.1) is 11.6 Å². The molecule has 0 amide bonds. The first-order valence-electron chi connectivity index (χ1n) is 5.76. The average Bonchev–Trinajstić information content (AvgIpc) is 2.42. The smallest absolute Gasteiger partial charge is 0.223 e. The number of hydrogen-bond donors (Lipinski definition) is 1. The molecular formula is C13H13F2N3O. The normalized spacial score (nSPS) is 10.3. The summed E-state index contributed by atoms with van der Waals surface area (Å²) in [5, 5.41) is 2.85. The van der Waals surface area contributed by atoms with E-state index in [1.165, 1.54) is 19.2 Å². The van der Waals surface area contributed by atoms with Crippen molar-refractivity contribution in [3.05, 3.63) is 36.0 Å². The van der Waals surface area contributed by atoms with Crippen LogP contribution in [0.25, 0.3) is 11.3 Å². The second-order valence-corrected chi connectivity index (χ2v) is 3.74. The van der Waals surface area contributed by atoms with Crippen molar-refractivity contribution in [2.45, 2.75) is 6.92 Å². The van der Waals surface area contributed by atoms with Gasteiger partial charge in [0.15, 0.2) is 17.4 Å². The van der Waals surface area contributed by atoms with Gasteiger partial charge in [0.2, 0.25) is 5.95 Å². The highest BCUT2D eigenvalue weighted by Gasteiger charge is 2.16. The summed E-state index contributed by atoms with van der Waals surface area (Å²) >= 11 is 0. The fraction of sp³-hybridized carbons (Fsp3) is 0.231. The number of methoxy groups -OCH3 is 1. The van der Waals surface area contributed by atoms with E-state index in [1.54, 1.807) is 6.07 Å². The molecular weight excluding hydrogens is 252 g/mol. The number of aromatic nitrogens is 2. The van der Waals surface area contributed by atoms with Crippen molar-refractivity contribution >= 4 is 5.95 Å². The highest BCUT2D eigenvalue weighted by Crippen LogP contribution is 2.29. The van der Waals surface area contributed by atoms with Crippen molar-refractivity contribution in [2.24, 2.45) is 0 Å². The molecule has 2 aromatic rings. The number of anilines is 1. The van der Waals surface area contributed by atoms with E-state index < -0.39 is 11.6 Å². The molecule has 19 heavy (non-hydrogen) atoms. The Kier molecular flexibility index (Phi) is 3.89. The second kappa shape index (κ2) is 5.60. The summed E-state index contributed by atoms with van der Waals surface area (Å²) in [6.45, 7) is 2.45. The van der Waals surface area contributed by atoms with Crippen molar-refractivity contribution in [3.8, 4) is 17.0 Å². The number of hydrogen-bond acceptors (Lipinski definition) is 4. The van der Waals surface area contributed by atoms with Gasteiger partial charge in [0.1, 0.15) is 5.69 Å². The molecule has 0 aliphatic heterocycles. The molecule has 0 saturated heterocycles. The van der Waals surface area contributed by atoms with Gasteiger partial charge in [-0.1, -0.05) is 6.07 Å². The Balaban J connectivity index is 2.54. The van der Waals surface area contributed by atoms with Gasteiger partial charge in [0.25, 0.3) is 0 Å². The third-order valence-corrected chi connectivity index (χ3v) is 2.52. The molecule has 2 rings (SSSR count). The van der Waals surface area contributed by atoms with Crippen LogP contribution in [-0.4, -0.2) is 23.6 Å². The number of halogens is 2. The molecule has 100 valence electrons. The Morgan fingerprint density at radius 2 is 2.11 bits per heavy atom. The molecule has 6 heteroatoms. The number of nitrogens with zero attached hydrogens (tertiary/aromatic N) is 2. The Morgan fingerprint density at radius 3 is 2.79 bits per heavy atom. The van der Waals surface area contributed by atoms with Crippen LogP contribution in [0.1, 0.15) is 6.92 Å². The summed E-state index contributed by atoms with van der Waals surface area (Å²) in [5.74, 6) is -1.04. The maximum Gasteiger partial charge on any atom is 0.223 e. The Labute approximate surface area is 109 Å². The van der Waals surface area contributed by atoms with E-state index in [4.69, 9.17) is 4.74 Å². The Morgan fingerprint density at radius 1 is 1.32 bits per heavy atom. The predicted molar refractivity (Wildman–Crippen MR) is 68.1 cm³/mol. The lowest BCUT2D eigenvalue weighted by atomic mass is 10.1. The number of benzene rings is 1. The van der Waals surface area contributed by atoms with Gasteiger partial charge < -0.3 is 10.1 Å². The second-order valence-electron chi connectivity index (χ2n) is 3.74. The first-order valence-corrected chi connectivity index (χ1v) is 5.76. The maximum absolute atomic E-state index is 14.1. The van der Waals surface area contributed by atoms with Gasteiger partial charge in [-0.15, -0.1) is 0 Å². The van der Waals surface area contributed by atoms with E-state index in [9.17, 15) is 8.78 Å². The van der Waals surface area contributed by atoms with E-state index in [1.807, 2.05) is 6.92 Å².